The second kappa shape index (κ2) is 6.07. The molecule has 0 aliphatic carbocycles. The Morgan fingerprint density at radius 2 is 1.82 bits per heavy atom. The highest BCUT2D eigenvalue weighted by atomic mass is 19.2. The predicted molar refractivity (Wildman–Crippen MR) is 63.7 cm³/mol. The van der Waals surface area contributed by atoms with Crippen LogP contribution in [0.4, 0.5) is 8.78 Å². The molecule has 17 heavy (non-hydrogen) atoms. The van der Waals surface area contributed by atoms with Crippen molar-refractivity contribution in [3.05, 3.63) is 35.4 Å². The zero-order chi connectivity index (χ0) is 13.0. The van der Waals surface area contributed by atoms with Crippen molar-refractivity contribution in [3.63, 3.8) is 0 Å². The molecule has 1 aromatic rings. The van der Waals surface area contributed by atoms with Crippen molar-refractivity contribution in [2.24, 2.45) is 0 Å². The molecule has 3 atom stereocenters. The first kappa shape index (κ1) is 14.1. The van der Waals surface area contributed by atoms with Gasteiger partial charge in [0, 0.05) is 12.1 Å². The van der Waals surface area contributed by atoms with Gasteiger partial charge in [0.05, 0.1) is 6.10 Å². The molecule has 96 valence electrons. The van der Waals surface area contributed by atoms with Crippen LogP contribution >= 0.6 is 0 Å². The van der Waals surface area contributed by atoms with Crippen molar-refractivity contribution in [1.82, 2.24) is 5.32 Å². The summed E-state index contributed by atoms with van der Waals surface area (Å²) >= 11 is 0. The molecule has 4 heteroatoms. The first-order valence-electron chi connectivity index (χ1n) is 5.79. The number of hydrogen-bond donors (Lipinski definition) is 2. The van der Waals surface area contributed by atoms with E-state index >= 15 is 0 Å². The summed E-state index contributed by atoms with van der Waals surface area (Å²) in [5.41, 5.74) is 0.696. The van der Waals surface area contributed by atoms with Crippen molar-refractivity contribution >= 4 is 0 Å². The lowest BCUT2D eigenvalue weighted by Crippen LogP contribution is -2.31. The Morgan fingerprint density at radius 1 is 1.18 bits per heavy atom. The minimum atomic E-state index is -0.835. The van der Waals surface area contributed by atoms with Crippen molar-refractivity contribution in [2.75, 3.05) is 0 Å². The molecule has 0 heterocycles. The van der Waals surface area contributed by atoms with E-state index in [1.165, 1.54) is 6.07 Å². The topological polar surface area (TPSA) is 32.3 Å². The first-order valence-corrected chi connectivity index (χ1v) is 5.79. The number of nitrogens with one attached hydrogen (secondary N) is 1. The van der Waals surface area contributed by atoms with E-state index in [1.54, 1.807) is 13.0 Å². The second-order valence-corrected chi connectivity index (χ2v) is 4.55. The molecule has 0 bridgehead atoms. The summed E-state index contributed by atoms with van der Waals surface area (Å²) in [5.74, 6) is -1.67. The lowest BCUT2D eigenvalue weighted by molar-refractivity contribution is 0.168. The Balaban J connectivity index is 2.63. The van der Waals surface area contributed by atoms with Crippen LogP contribution in [0.1, 0.15) is 38.8 Å². The van der Waals surface area contributed by atoms with Crippen LogP contribution in [0.25, 0.3) is 0 Å². The third-order valence-corrected chi connectivity index (χ3v) is 2.67. The average molecular weight is 243 g/mol. The van der Waals surface area contributed by atoms with Crippen molar-refractivity contribution in [3.8, 4) is 0 Å². The van der Waals surface area contributed by atoms with E-state index in [0.29, 0.717) is 12.0 Å². The van der Waals surface area contributed by atoms with Gasteiger partial charge in [-0.25, -0.2) is 8.78 Å². The van der Waals surface area contributed by atoms with Gasteiger partial charge in [-0.1, -0.05) is 6.07 Å². The van der Waals surface area contributed by atoms with Gasteiger partial charge in [-0.15, -0.1) is 0 Å². The lowest BCUT2D eigenvalue weighted by Gasteiger charge is -2.21. The molecule has 1 rings (SSSR count). The van der Waals surface area contributed by atoms with Crippen LogP contribution in [0.5, 0.6) is 0 Å². The van der Waals surface area contributed by atoms with Crippen LogP contribution in [0.3, 0.4) is 0 Å². The number of halogens is 2. The minimum absolute atomic E-state index is 0.0844. The normalized spacial score (nSPS) is 16.6. The van der Waals surface area contributed by atoms with Crippen LogP contribution < -0.4 is 5.32 Å². The van der Waals surface area contributed by atoms with E-state index in [4.69, 9.17) is 0 Å². The monoisotopic (exact) mass is 243 g/mol. The zero-order valence-corrected chi connectivity index (χ0v) is 10.4. The minimum Gasteiger partial charge on any atom is -0.393 e. The van der Waals surface area contributed by atoms with Crippen molar-refractivity contribution < 1.29 is 13.9 Å². The smallest absolute Gasteiger partial charge is 0.159 e. The van der Waals surface area contributed by atoms with Gasteiger partial charge < -0.3 is 10.4 Å². The van der Waals surface area contributed by atoms with E-state index in [1.807, 2.05) is 13.8 Å². The summed E-state index contributed by atoms with van der Waals surface area (Å²) in [6, 6.07) is 3.91. The standard InChI is InChI=1S/C13H19F2NO/c1-8(6-9(2)17)16-10(3)11-4-5-12(14)13(15)7-11/h4-5,7-10,16-17H,6H2,1-3H3. The van der Waals surface area contributed by atoms with Gasteiger partial charge in [0.25, 0.3) is 0 Å². The van der Waals surface area contributed by atoms with Crippen LogP contribution in [-0.4, -0.2) is 17.3 Å². The molecular formula is C13H19F2NO. The van der Waals surface area contributed by atoms with Crippen molar-refractivity contribution in [2.45, 2.75) is 45.4 Å². The van der Waals surface area contributed by atoms with Gasteiger partial charge in [0.15, 0.2) is 11.6 Å². The Hall–Kier alpha value is -1.00. The highest BCUT2D eigenvalue weighted by Gasteiger charge is 2.13. The lowest BCUT2D eigenvalue weighted by atomic mass is 10.1. The van der Waals surface area contributed by atoms with Crippen molar-refractivity contribution in [1.29, 1.82) is 0 Å². The number of aliphatic hydroxyl groups excluding tert-OH is 1. The maximum absolute atomic E-state index is 13.0. The van der Waals surface area contributed by atoms with Gasteiger partial charge in [-0.3, -0.25) is 0 Å². The fourth-order valence-corrected chi connectivity index (χ4v) is 1.88. The van der Waals surface area contributed by atoms with Crippen LogP contribution in [-0.2, 0) is 0 Å². The Morgan fingerprint density at radius 3 is 2.35 bits per heavy atom. The molecule has 0 aliphatic rings. The highest BCUT2D eigenvalue weighted by Crippen LogP contribution is 2.17. The summed E-state index contributed by atoms with van der Waals surface area (Å²) in [4.78, 5) is 0. The molecule has 0 saturated carbocycles. The molecule has 1 aromatic carbocycles. The fourth-order valence-electron chi connectivity index (χ4n) is 1.88. The summed E-state index contributed by atoms with van der Waals surface area (Å²) < 4.78 is 25.8. The molecular weight excluding hydrogens is 224 g/mol. The average Bonchev–Trinajstić information content (AvgIpc) is 2.20. The van der Waals surface area contributed by atoms with Gasteiger partial charge >= 0.3 is 0 Å². The number of hydrogen-bond acceptors (Lipinski definition) is 2. The van der Waals surface area contributed by atoms with E-state index in [0.717, 1.165) is 6.07 Å². The molecule has 0 saturated heterocycles. The van der Waals surface area contributed by atoms with Gasteiger partial charge in [-0.05, 0) is 44.9 Å². The summed E-state index contributed by atoms with van der Waals surface area (Å²) in [6.07, 6.45) is 0.239. The van der Waals surface area contributed by atoms with Crippen LogP contribution in [0, 0.1) is 11.6 Å². The molecule has 0 spiro atoms. The molecule has 2 nitrogen and oxygen atoms in total. The molecule has 0 aromatic heterocycles. The van der Waals surface area contributed by atoms with Gasteiger partial charge in [0.2, 0.25) is 0 Å². The molecule has 2 N–H and O–H groups in total. The summed E-state index contributed by atoms with van der Waals surface area (Å²) in [5, 5.41) is 12.5. The predicted octanol–water partition coefficient (Wildman–Crippen LogP) is 2.77. The number of benzene rings is 1. The number of rotatable bonds is 5. The summed E-state index contributed by atoms with van der Waals surface area (Å²) in [7, 11) is 0. The molecule has 0 radical (unpaired) electrons. The third kappa shape index (κ3) is 4.40. The van der Waals surface area contributed by atoms with E-state index in [2.05, 4.69) is 5.32 Å². The van der Waals surface area contributed by atoms with Gasteiger partial charge in [0.1, 0.15) is 0 Å². The second-order valence-electron chi connectivity index (χ2n) is 4.55. The van der Waals surface area contributed by atoms with Gasteiger partial charge in [-0.2, -0.15) is 0 Å². The quantitative estimate of drug-likeness (QED) is 0.833. The third-order valence-electron chi connectivity index (χ3n) is 2.67. The summed E-state index contributed by atoms with van der Waals surface area (Å²) in [6.45, 7) is 5.55. The maximum Gasteiger partial charge on any atom is 0.159 e. The largest absolute Gasteiger partial charge is 0.393 e. The highest BCUT2D eigenvalue weighted by molar-refractivity contribution is 5.20. The maximum atomic E-state index is 13.0. The van der Waals surface area contributed by atoms with E-state index < -0.39 is 11.6 Å². The Kier molecular flexibility index (Phi) is 5.02. The molecule has 0 amide bonds. The number of aliphatic hydroxyl groups is 1. The Bertz CT molecular complexity index is 368. The first-order chi connectivity index (χ1) is 7.90. The molecule has 3 unspecified atom stereocenters. The Labute approximate surface area is 101 Å². The fraction of sp³-hybridized carbons (Fsp3) is 0.538. The van der Waals surface area contributed by atoms with E-state index in [-0.39, 0.29) is 18.2 Å². The van der Waals surface area contributed by atoms with Crippen LogP contribution in [0.2, 0.25) is 0 Å². The molecule has 0 fully saturated rings. The zero-order valence-electron chi connectivity index (χ0n) is 10.4. The van der Waals surface area contributed by atoms with Crippen LogP contribution in [0.15, 0.2) is 18.2 Å². The molecule has 0 aliphatic heterocycles. The SMILES string of the molecule is CC(O)CC(C)NC(C)c1ccc(F)c(F)c1. The van der Waals surface area contributed by atoms with E-state index in [9.17, 15) is 13.9 Å².